The minimum absolute atomic E-state index is 0.0577. The molecule has 0 fully saturated rings. The SMILES string of the molecule is COc1ccc2c(C=O)c(C)n(CC(=O)N3Cc4ccccc4CC3C)c2c1. The van der Waals surface area contributed by atoms with Crippen molar-refractivity contribution < 1.29 is 14.3 Å². The van der Waals surface area contributed by atoms with Gasteiger partial charge < -0.3 is 14.2 Å². The highest BCUT2D eigenvalue weighted by molar-refractivity contribution is 6.00. The predicted octanol–water partition coefficient (Wildman–Crippen LogP) is 3.74. The number of ether oxygens (including phenoxy) is 1. The molecule has 2 heterocycles. The summed E-state index contributed by atoms with van der Waals surface area (Å²) in [4.78, 5) is 26.8. The molecule has 2 aromatic carbocycles. The van der Waals surface area contributed by atoms with E-state index in [0.29, 0.717) is 17.9 Å². The first-order valence-corrected chi connectivity index (χ1v) is 9.51. The molecule has 5 heteroatoms. The molecule has 0 aliphatic carbocycles. The molecule has 0 saturated heterocycles. The number of amides is 1. The number of methoxy groups -OCH3 is 1. The maximum Gasteiger partial charge on any atom is 0.243 e. The zero-order chi connectivity index (χ0) is 19.8. The van der Waals surface area contributed by atoms with Crippen LogP contribution in [0.15, 0.2) is 42.5 Å². The van der Waals surface area contributed by atoms with E-state index in [4.69, 9.17) is 4.74 Å². The summed E-state index contributed by atoms with van der Waals surface area (Å²) in [6, 6.07) is 14.0. The van der Waals surface area contributed by atoms with Crippen LogP contribution in [0.4, 0.5) is 0 Å². The molecule has 4 rings (SSSR count). The van der Waals surface area contributed by atoms with E-state index in [9.17, 15) is 9.59 Å². The fourth-order valence-corrected chi connectivity index (χ4v) is 4.20. The second-order valence-electron chi connectivity index (χ2n) is 7.43. The largest absolute Gasteiger partial charge is 0.497 e. The molecule has 0 radical (unpaired) electrons. The van der Waals surface area contributed by atoms with Crippen molar-refractivity contribution in [3.8, 4) is 5.75 Å². The number of aromatic nitrogens is 1. The zero-order valence-corrected chi connectivity index (χ0v) is 16.4. The third kappa shape index (κ3) is 2.97. The Morgan fingerprint density at radius 3 is 2.68 bits per heavy atom. The van der Waals surface area contributed by atoms with Crippen molar-refractivity contribution in [1.82, 2.24) is 9.47 Å². The summed E-state index contributed by atoms with van der Waals surface area (Å²) in [6.07, 6.45) is 1.73. The van der Waals surface area contributed by atoms with Crippen LogP contribution in [0, 0.1) is 6.92 Å². The number of fused-ring (bicyclic) bond motifs is 2. The Balaban J connectivity index is 1.69. The molecule has 1 atom stereocenters. The first-order valence-electron chi connectivity index (χ1n) is 9.51. The van der Waals surface area contributed by atoms with Crippen molar-refractivity contribution in [2.24, 2.45) is 0 Å². The summed E-state index contributed by atoms with van der Waals surface area (Å²) in [5.41, 5.74) is 4.80. The Bertz CT molecular complexity index is 1070. The molecule has 0 saturated carbocycles. The van der Waals surface area contributed by atoms with Crippen LogP contribution in [0.2, 0.25) is 0 Å². The number of rotatable bonds is 4. The van der Waals surface area contributed by atoms with Gasteiger partial charge in [-0.3, -0.25) is 9.59 Å². The molecule has 1 aromatic heterocycles. The molecule has 1 amide bonds. The lowest BCUT2D eigenvalue weighted by Gasteiger charge is -2.35. The van der Waals surface area contributed by atoms with Crippen LogP contribution in [0.3, 0.4) is 0 Å². The minimum Gasteiger partial charge on any atom is -0.497 e. The van der Waals surface area contributed by atoms with Crippen LogP contribution >= 0.6 is 0 Å². The summed E-state index contributed by atoms with van der Waals surface area (Å²) >= 11 is 0. The summed E-state index contributed by atoms with van der Waals surface area (Å²) in [6.45, 7) is 4.81. The number of benzene rings is 2. The zero-order valence-electron chi connectivity index (χ0n) is 16.4. The first-order chi connectivity index (χ1) is 13.5. The van der Waals surface area contributed by atoms with E-state index in [0.717, 1.165) is 29.3 Å². The minimum atomic E-state index is 0.0577. The fourth-order valence-electron chi connectivity index (χ4n) is 4.20. The summed E-state index contributed by atoms with van der Waals surface area (Å²) in [7, 11) is 1.61. The fraction of sp³-hybridized carbons (Fsp3) is 0.304. The Morgan fingerprint density at radius 2 is 1.96 bits per heavy atom. The molecule has 0 spiro atoms. The van der Waals surface area contributed by atoms with E-state index < -0.39 is 0 Å². The summed E-state index contributed by atoms with van der Waals surface area (Å²) < 4.78 is 7.27. The average Bonchev–Trinajstić information content (AvgIpc) is 2.97. The van der Waals surface area contributed by atoms with Gasteiger partial charge in [0.15, 0.2) is 6.29 Å². The van der Waals surface area contributed by atoms with Gasteiger partial charge in [-0.25, -0.2) is 0 Å². The van der Waals surface area contributed by atoms with Gasteiger partial charge in [0.05, 0.1) is 12.6 Å². The Morgan fingerprint density at radius 1 is 1.21 bits per heavy atom. The maximum atomic E-state index is 13.2. The van der Waals surface area contributed by atoms with Crippen molar-refractivity contribution >= 4 is 23.1 Å². The third-order valence-corrected chi connectivity index (χ3v) is 5.82. The van der Waals surface area contributed by atoms with Crippen molar-refractivity contribution in [2.75, 3.05) is 7.11 Å². The van der Waals surface area contributed by atoms with Crippen molar-refractivity contribution in [3.05, 3.63) is 64.8 Å². The van der Waals surface area contributed by atoms with Gasteiger partial charge in [-0.2, -0.15) is 0 Å². The molecule has 28 heavy (non-hydrogen) atoms. The van der Waals surface area contributed by atoms with E-state index in [2.05, 4.69) is 19.1 Å². The van der Waals surface area contributed by atoms with Gasteiger partial charge >= 0.3 is 0 Å². The van der Waals surface area contributed by atoms with Crippen molar-refractivity contribution in [1.29, 1.82) is 0 Å². The first kappa shape index (κ1) is 18.3. The highest BCUT2D eigenvalue weighted by atomic mass is 16.5. The van der Waals surface area contributed by atoms with E-state index >= 15 is 0 Å². The second-order valence-corrected chi connectivity index (χ2v) is 7.43. The lowest BCUT2D eigenvalue weighted by molar-refractivity contribution is -0.134. The monoisotopic (exact) mass is 376 g/mol. The topological polar surface area (TPSA) is 51.5 Å². The average molecular weight is 376 g/mol. The lowest BCUT2D eigenvalue weighted by Crippen LogP contribution is -2.44. The van der Waals surface area contributed by atoms with E-state index in [-0.39, 0.29) is 18.5 Å². The van der Waals surface area contributed by atoms with Crippen molar-refractivity contribution in [3.63, 3.8) is 0 Å². The number of carbonyl (C=O) groups excluding carboxylic acids is 2. The normalized spacial score (nSPS) is 16.1. The number of carbonyl (C=O) groups is 2. The molecule has 144 valence electrons. The third-order valence-electron chi connectivity index (χ3n) is 5.82. The van der Waals surface area contributed by atoms with Gasteiger partial charge in [-0.05, 0) is 43.5 Å². The number of hydrogen-bond acceptors (Lipinski definition) is 3. The molecule has 5 nitrogen and oxygen atoms in total. The van der Waals surface area contributed by atoms with Crippen molar-refractivity contribution in [2.45, 2.75) is 39.4 Å². The maximum absolute atomic E-state index is 13.2. The van der Waals surface area contributed by atoms with Gasteiger partial charge in [-0.15, -0.1) is 0 Å². The van der Waals surface area contributed by atoms with Crippen LogP contribution in [-0.4, -0.2) is 34.8 Å². The second kappa shape index (κ2) is 7.15. The standard InChI is InChI=1S/C23H24N2O3/c1-15-10-17-6-4-5-7-18(17)12-24(15)23(27)13-25-16(2)21(14-26)20-9-8-19(28-3)11-22(20)25/h4-9,11,14-15H,10,12-13H2,1-3H3. The van der Waals surface area contributed by atoms with Crippen LogP contribution in [0.5, 0.6) is 5.75 Å². The van der Waals surface area contributed by atoms with E-state index in [1.807, 2.05) is 46.7 Å². The van der Waals surface area contributed by atoms with E-state index in [1.165, 1.54) is 11.1 Å². The summed E-state index contributed by atoms with van der Waals surface area (Å²) in [5.74, 6) is 0.763. The van der Waals surface area contributed by atoms with Gasteiger partial charge in [0.2, 0.25) is 5.91 Å². The molecule has 1 aliphatic heterocycles. The number of aldehydes is 1. The molecular formula is C23H24N2O3. The van der Waals surface area contributed by atoms with Crippen LogP contribution in [0.1, 0.15) is 34.1 Å². The molecule has 1 unspecified atom stereocenters. The van der Waals surface area contributed by atoms with Gasteiger partial charge in [-0.1, -0.05) is 24.3 Å². The number of nitrogens with zero attached hydrogens (tertiary/aromatic N) is 2. The Kier molecular flexibility index (Phi) is 4.67. The van der Waals surface area contributed by atoms with Crippen LogP contribution in [0.25, 0.3) is 10.9 Å². The molecule has 1 aliphatic rings. The molecule has 0 bridgehead atoms. The lowest BCUT2D eigenvalue weighted by atomic mass is 9.95. The van der Waals surface area contributed by atoms with Gasteiger partial charge in [0.25, 0.3) is 0 Å². The molecular weight excluding hydrogens is 352 g/mol. The highest BCUT2D eigenvalue weighted by Gasteiger charge is 2.27. The molecule has 0 N–H and O–H groups in total. The van der Waals surface area contributed by atoms with Crippen LogP contribution < -0.4 is 4.74 Å². The Labute approximate surface area is 164 Å². The molecule has 3 aromatic rings. The quantitative estimate of drug-likeness (QED) is 0.652. The van der Waals surface area contributed by atoms with Gasteiger partial charge in [0, 0.05) is 35.3 Å². The predicted molar refractivity (Wildman–Crippen MR) is 109 cm³/mol. The van der Waals surface area contributed by atoms with Gasteiger partial charge in [0.1, 0.15) is 12.3 Å². The summed E-state index contributed by atoms with van der Waals surface area (Å²) in [5, 5.41) is 0.845. The van der Waals surface area contributed by atoms with Crippen LogP contribution in [-0.2, 0) is 24.3 Å². The smallest absolute Gasteiger partial charge is 0.243 e. The van der Waals surface area contributed by atoms with E-state index in [1.54, 1.807) is 7.11 Å². The number of hydrogen-bond donors (Lipinski definition) is 0. The Hall–Kier alpha value is -3.08. The highest BCUT2D eigenvalue weighted by Crippen LogP contribution is 2.29.